The first-order valence-corrected chi connectivity index (χ1v) is 13.2. The highest BCUT2D eigenvalue weighted by Gasteiger charge is 2.19. The van der Waals surface area contributed by atoms with Crippen LogP contribution in [0.25, 0.3) is 0 Å². The maximum Gasteiger partial charge on any atom is 0.407 e. The number of amides is 4. The number of nitrogens with one attached hydrogen (secondary N) is 3. The number of ether oxygens (including phenoxy) is 2. The van der Waals surface area contributed by atoms with Crippen LogP contribution in [0.5, 0.6) is 0 Å². The molecular weight excluding hydrogens is 516 g/mol. The minimum Gasteiger partial charge on any atom is -0.465 e. The van der Waals surface area contributed by atoms with Crippen LogP contribution in [0.1, 0.15) is 51.2 Å². The maximum absolute atomic E-state index is 12.7. The van der Waals surface area contributed by atoms with E-state index in [1.54, 1.807) is 20.8 Å². The third-order valence-electron chi connectivity index (χ3n) is 5.55. The zero-order valence-corrected chi connectivity index (χ0v) is 23.4. The molecule has 4 amide bonds. The molecule has 0 aliphatic carbocycles. The van der Waals surface area contributed by atoms with Gasteiger partial charge in [0.05, 0.1) is 0 Å². The van der Waals surface area contributed by atoms with Crippen LogP contribution < -0.4 is 16.0 Å². The summed E-state index contributed by atoms with van der Waals surface area (Å²) in [5.74, 6) is -0.349. The predicted octanol–water partition coefficient (Wildman–Crippen LogP) is 4.27. The summed E-state index contributed by atoms with van der Waals surface area (Å²) in [6.45, 7) is 6.10. The Balaban J connectivity index is 1.85. The molecule has 0 radical (unpaired) electrons. The molecule has 0 fully saturated rings. The van der Waals surface area contributed by atoms with Gasteiger partial charge in [-0.15, -0.1) is 0 Å². The van der Waals surface area contributed by atoms with E-state index in [1.807, 2.05) is 60.7 Å². The van der Waals surface area contributed by atoms with Gasteiger partial charge in [0.1, 0.15) is 12.2 Å². The SMILES string of the molecule is CC(C)(C)OC(=O)NCCC[C@@H](CC(=O)NCCN(Cc1ccccc1)C(=O)O)NC(=O)OCc1ccccc1. The van der Waals surface area contributed by atoms with Crippen molar-refractivity contribution in [3.8, 4) is 0 Å². The summed E-state index contributed by atoms with van der Waals surface area (Å²) in [4.78, 5) is 49.8. The van der Waals surface area contributed by atoms with Gasteiger partial charge >= 0.3 is 18.3 Å². The lowest BCUT2D eigenvalue weighted by atomic mass is 10.1. The molecule has 2 aromatic rings. The van der Waals surface area contributed by atoms with Gasteiger partial charge in [0, 0.05) is 38.6 Å². The molecule has 4 N–H and O–H groups in total. The average Bonchev–Trinajstić information content (AvgIpc) is 2.89. The Morgan fingerprint density at radius 2 is 1.50 bits per heavy atom. The normalized spacial score (nSPS) is 11.6. The van der Waals surface area contributed by atoms with Crippen LogP contribution in [0.3, 0.4) is 0 Å². The fourth-order valence-electron chi connectivity index (χ4n) is 3.68. The summed E-state index contributed by atoms with van der Waals surface area (Å²) in [5, 5.41) is 17.6. The lowest BCUT2D eigenvalue weighted by Crippen LogP contribution is -2.42. The van der Waals surface area contributed by atoms with Gasteiger partial charge in [-0.05, 0) is 44.7 Å². The first-order chi connectivity index (χ1) is 19.0. The Morgan fingerprint density at radius 1 is 0.875 bits per heavy atom. The van der Waals surface area contributed by atoms with E-state index in [1.165, 1.54) is 4.90 Å². The second-order valence-electron chi connectivity index (χ2n) is 10.2. The maximum atomic E-state index is 12.7. The van der Waals surface area contributed by atoms with E-state index < -0.39 is 29.9 Å². The molecule has 11 heteroatoms. The molecule has 2 rings (SSSR count). The number of alkyl carbamates (subject to hydrolysis) is 2. The van der Waals surface area contributed by atoms with Crippen molar-refractivity contribution in [3.05, 3.63) is 71.8 Å². The Kier molecular flexibility index (Phi) is 13.3. The number of hydrogen-bond donors (Lipinski definition) is 4. The third-order valence-corrected chi connectivity index (χ3v) is 5.55. The molecule has 0 heterocycles. The van der Waals surface area contributed by atoms with Gasteiger partial charge in [-0.3, -0.25) is 4.79 Å². The Labute approximate surface area is 235 Å². The Bertz CT molecular complexity index is 1070. The van der Waals surface area contributed by atoms with Crippen LogP contribution in [0.4, 0.5) is 14.4 Å². The van der Waals surface area contributed by atoms with E-state index >= 15 is 0 Å². The van der Waals surface area contributed by atoms with Crippen LogP contribution in [0, 0.1) is 0 Å². The quantitative estimate of drug-likeness (QED) is 0.254. The number of nitrogens with zero attached hydrogens (tertiary/aromatic N) is 1. The smallest absolute Gasteiger partial charge is 0.407 e. The van der Waals surface area contributed by atoms with E-state index in [0.29, 0.717) is 19.4 Å². The van der Waals surface area contributed by atoms with Crippen LogP contribution in [0.15, 0.2) is 60.7 Å². The van der Waals surface area contributed by atoms with Crippen molar-refractivity contribution in [3.63, 3.8) is 0 Å². The molecule has 2 aromatic carbocycles. The number of carbonyl (C=O) groups is 4. The molecule has 218 valence electrons. The monoisotopic (exact) mass is 556 g/mol. The zero-order valence-electron chi connectivity index (χ0n) is 23.4. The zero-order chi connectivity index (χ0) is 29.4. The largest absolute Gasteiger partial charge is 0.465 e. The molecule has 0 aliphatic rings. The van der Waals surface area contributed by atoms with E-state index in [4.69, 9.17) is 9.47 Å². The highest BCUT2D eigenvalue weighted by molar-refractivity contribution is 5.77. The van der Waals surface area contributed by atoms with Crippen molar-refractivity contribution in [2.24, 2.45) is 0 Å². The summed E-state index contributed by atoms with van der Waals surface area (Å²) >= 11 is 0. The number of rotatable bonds is 14. The highest BCUT2D eigenvalue weighted by Crippen LogP contribution is 2.08. The van der Waals surface area contributed by atoms with Crippen molar-refractivity contribution in [2.45, 2.75) is 64.8 Å². The van der Waals surface area contributed by atoms with Crippen LogP contribution in [-0.4, -0.2) is 65.5 Å². The van der Waals surface area contributed by atoms with E-state index in [0.717, 1.165) is 11.1 Å². The average molecular weight is 557 g/mol. The van der Waals surface area contributed by atoms with E-state index in [2.05, 4.69) is 16.0 Å². The lowest BCUT2D eigenvalue weighted by Gasteiger charge is -2.21. The van der Waals surface area contributed by atoms with Crippen LogP contribution in [0.2, 0.25) is 0 Å². The van der Waals surface area contributed by atoms with Gasteiger partial charge in [0.15, 0.2) is 0 Å². The molecule has 1 atom stereocenters. The van der Waals surface area contributed by atoms with Crippen LogP contribution >= 0.6 is 0 Å². The van der Waals surface area contributed by atoms with Crippen molar-refractivity contribution in [2.75, 3.05) is 19.6 Å². The number of carboxylic acid groups (broad SMARTS) is 1. The van der Waals surface area contributed by atoms with Crippen molar-refractivity contribution < 1.29 is 33.8 Å². The van der Waals surface area contributed by atoms with Crippen molar-refractivity contribution in [1.82, 2.24) is 20.9 Å². The van der Waals surface area contributed by atoms with Gasteiger partial charge in [-0.25, -0.2) is 14.4 Å². The van der Waals surface area contributed by atoms with Gasteiger partial charge in [0.25, 0.3) is 0 Å². The summed E-state index contributed by atoms with van der Waals surface area (Å²) in [6, 6.07) is 17.8. The Hall–Kier alpha value is -4.28. The first kappa shape index (κ1) is 31.9. The number of hydrogen-bond acceptors (Lipinski definition) is 6. The standard InChI is InChI=1S/C29H40N4O7/c1-29(2,3)40-26(35)31-16-10-15-24(32-27(36)39-21-23-13-8-5-9-14-23)19-25(34)30-17-18-33(28(37)38)20-22-11-6-4-7-12-22/h4-9,11-14,24H,10,15-21H2,1-3H3,(H,30,34)(H,31,35)(H,32,36)(H,37,38)/t24-/m0/s1. The number of benzene rings is 2. The van der Waals surface area contributed by atoms with Gasteiger partial charge in [-0.2, -0.15) is 0 Å². The summed E-state index contributed by atoms with van der Waals surface area (Å²) < 4.78 is 10.5. The van der Waals surface area contributed by atoms with Gasteiger partial charge in [-0.1, -0.05) is 60.7 Å². The predicted molar refractivity (Wildman–Crippen MR) is 150 cm³/mol. The Morgan fingerprint density at radius 3 is 2.10 bits per heavy atom. The van der Waals surface area contributed by atoms with E-state index in [-0.39, 0.29) is 38.6 Å². The molecule has 40 heavy (non-hydrogen) atoms. The summed E-state index contributed by atoms with van der Waals surface area (Å²) in [5.41, 5.74) is 1.05. The second-order valence-corrected chi connectivity index (χ2v) is 10.2. The third kappa shape index (κ3) is 14.0. The molecule has 0 aliphatic heterocycles. The fraction of sp³-hybridized carbons (Fsp3) is 0.448. The summed E-state index contributed by atoms with van der Waals surface area (Å²) in [7, 11) is 0. The fourth-order valence-corrected chi connectivity index (χ4v) is 3.68. The van der Waals surface area contributed by atoms with Crippen molar-refractivity contribution in [1.29, 1.82) is 0 Å². The number of carbonyl (C=O) groups excluding carboxylic acids is 3. The molecule has 11 nitrogen and oxygen atoms in total. The second kappa shape index (κ2) is 16.6. The van der Waals surface area contributed by atoms with Crippen molar-refractivity contribution >= 4 is 24.2 Å². The molecule has 0 saturated carbocycles. The molecule has 0 unspecified atom stereocenters. The van der Waals surface area contributed by atoms with Gasteiger partial charge < -0.3 is 35.4 Å². The molecule has 0 aromatic heterocycles. The van der Waals surface area contributed by atoms with E-state index in [9.17, 15) is 24.3 Å². The minimum absolute atomic E-state index is 0.0430. The first-order valence-electron chi connectivity index (χ1n) is 13.2. The molecule has 0 spiro atoms. The topological polar surface area (TPSA) is 146 Å². The van der Waals surface area contributed by atoms with Crippen LogP contribution in [-0.2, 0) is 27.4 Å². The lowest BCUT2D eigenvalue weighted by molar-refractivity contribution is -0.121. The highest BCUT2D eigenvalue weighted by atomic mass is 16.6. The molecule has 0 saturated heterocycles. The molecule has 0 bridgehead atoms. The summed E-state index contributed by atoms with van der Waals surface area (Å²) in [6.07, 6.45) is -1.48. The molecular formula is C29H40N4O7. The minimum atomic E-state index is -1.09. The van der Waals surface area contributed by atoms with Gasteiger partial charge in [0.2, 0.25) is 5.91 Å².